The van der Waals surface area contributed by atoms with Crippen molar-refractivity contribution in [2.75, 3.05) is 0 Å². The summed E-state index contributed by atoms with van der Waals surface area (Å²) in [5.41, 5.74) is 10.2. The van der Waals surface area contributed by atoms with Crippen LogP contribution in [0.5, 0.6) is 0 Å². The van der Waals surface area contributed by atoms with Gasteiger partial charge < -0.3 is 5.73 Å². The van der Waals surface area contributed by atoms with E-state index in [1.54, 1.807) is 30.6 Å². The summed E-state index contributed by atoms with van der Waals surface area (Å²) in [4.78, 5) is 12.8. The van der Waals surface area contributed by atoms with Gasteiger partial charge in [-0.2, -0.15) is 9.65 Å². The minimum absolute atomic E-state index is 0.384. The van der Waals surface area contributed by atoms with Crippen molar-refractivity contribution < 1.29 is 4.39 Å². The predicted molar refractivity (Wildman–Crippen MR) is 116 cm³/mol. The van der Waals surface area contributed by atoms with Gasteiger partial charge in [-0.05, 0) is 65.2 Å². The Labute approximate surface area is 178 Å². The van der Waals surface area contributed by atoms with Crippen LogP contribution in [0.4, 0.5) is 4.39 Å². The summed E-state index contributed by atoms with van der Waals surface area (Å²) in [6, 6.07) is 22.2. The summed E-state index contributed by atoms with van der Waals surface area (Å²) in [5, 5.41) is 9.49. The fourth-order valence-corrected chi connectivity index (χ4v) is 4.15. The second-order valence-electron chi connectivity index (χ2n) is 7.24. The number of nitriles is 1. The number of halogens is 1. The number of nitrogens with zero attached hydrogens (tertiary/aromatic N) is 4. The molecule has 3 heterocycles. The normalized spacial score (nSPS) is 17.0. The van der Waals surface area contributed by atoms with Gasteiger partial charge in [-0.25, -0.2) is 9.98 Å². The van der Waals surface area contributed by atoms with Crippen LogP contribution >= 0.6 is 0 Å². The van der Waals surface area contributed by atoms with E-state index in [9.17, 15) is 9.65 Å². The third kappa shape index (κ3) is 2.87. The lowest BCUT2D eigenvalue weighted by molar-refractivity contribution is 0.587. The molecule has 0 fully saturated rings. The Bertz CT molecular complexity index is 1370. The number of aliphatic imine (C=N–C) groups is 1. The molecule has 2 aromatic carbocycles. The molecule has 2 N–H and O–H groups in total. The van der Waals surface area contributed by atoms with E-state index in [4.69, 9.17) is 10.7 Å². The minimum atomic E-state index is -0.982. The maximum absolute atomic E-state index is 14.4. The van der Waals surface area contributed by atoms with Crippen molar-refractivity contribution in [3.05, 3.63) is 119 Å². The Kier molecular flexibility index (Phi) is 4.30. The van der Waals surface area contributed by atoms with Crippen LogP contribution in [0.1, 0.15) is 27.8 Å². The number of amidine groups is 1. The molecule has 5 rings (SSSR count). The summed E-state index contributed by atoms with van der Waals surface area (Å²) < 4.78 is 14.4. The summed E-state index contributed by atoms with van der Waals surface area (Å²) in [6.07, 6.45) is 4.81. The Morgan fingerprint density at radius 3 is 2.48 bits per heavy atom. The van der Waals surface area contributed by atoms with E-state index in [0.717, 1.165) is 22.3 Å². The Morgan fingerprint density at radius 2 is 1.71 bits per heavy atom. The molecule has 4 aromatic rings. The lowest BCUT2D eigenvalue weighted by atomic mass is 9.77. The van der Waals surface area contributed by atoms with Gasteiger partial charge >= 0.3 is 0 Å². The number of hydrogen-bond donors (Lipinski definition) is 1. The maximum atomic E-state index is 14.4. The minimum Gasteiger partial charge on any atom is -0.383 e. The van der Waals surface area contributed by atoms with Crippen molar-refractivity contribution in [3.8, 4) is 17.2 Å². The number of benzene rings is 2. The van der Waals surface area contributed by atoms with Gasteiger partial charge in [0.25, 0.3) is 0 Å². The zero-order valence-corrected chi connectivity index (χ0v) is 16.3. The first-order chi connectivity index (χ1) is 15.1. The highest BCUT2D eigenvalue weighted by atomic mass is 19.1. The van der Waals surface area contributed by atoms with E-state index in [1.807, 2.05) is 48.5 Å². The highest BCUT2D eigenvalue weighted by molar-refractivity contribution is 6.03. The molecule has 0 aliphatic carbocycles. The maximum Gasteiger partial charge on any atom is 0.220 e. The van der Waals surface area contributed by atoms with Crippen molar-refractivity contribution in [2.45, 2.75) is 5.54 Å². The molecule has 1 unspecified atom stereocenters. The van der Waals surface area contributed by atoms with Crippen LogP contribution < -0.4 is 5.73 Å². The second kappa shape index (κ2) is 7.15. The molecule has 1 aliphatic heterocycles. The second-order valence-corrected chi connectivity index (χ2v) is 7.24. The van der Waals surface area contributed by atoms with Crippen molar-refractivity contribution in [3.63, 3.8) is 0 Å². The standard InChI is InChI=1S/C25H16FN5/c26-23-20(5-2-10-30-23)17-3-1-4-19(14-17)25(18-8-11-29-12-9-18)22-13-16(15-27)6-7-21(22)24(28)31-25/h1-14H,(H2,28,31). The molecule has 31 heavy (non-hydrogen) atoms. The summed E-state index contributed by atoms with van der Waals surface area (Å²) in [5.74, 6) is -0.159. The summed E-state index contributed by atoms with van der Waals surface area (Å²) in [7, 11) is 0. The predicted octanol–water partition coefficient (Wildman–Crippen LogP) is 4.17. The lowest BCUT2D eigenvalue weighted by Crippen LogP contribution is -2.25. The van der Waals surface area contributed by atoms with Crippen molar-refractivity contribution in [1.82, 2.24) is 9.97 Å². The van der Waals surface area contributed by atoms with Crippen LogP contribution in [0, 0.1) is 17.3 Å². The molecule has 0 spiro atoms. The Balaban J connectivity index is 1.82. The van der Waals surface area contributed by atoms with Crippen LogP contribution in [0.3, 0.4) is 0 Å². The Hall–Kier alpha value is -4.37. The SMILES string of the molecule is N#Cc1ccc2c(c1)C(c1ccncc1)(c1cccc(-c3cccnc3F)c1)N=C2N. The first-order valence-corrected chi connectivity index (χ1v) is 9.66. The van der Waals surface area contributed by atoms with E-state index in [2.05, 4.69) is 16.0 Å². The van der Waals surface area contributed by atoms with Crippen molar-refractivity contribution in [1.29, 1.82) is 5.26 Å². The molecular weight excluding hydrogens is 389 g/mol. The molecule has 6 heteroatoms. The van der Waals surface area contributed by atoms with Gasteiger partial charge in [0, 0.05) is 35.3 Å². The van der Waals surface area contributed by atoms with Gasteiger partial charge in [0.2, 0.25) is 5.95 Å². The average Bonchev–Trinajstić information content (AvgIpc) is 3.12. The van der Waals surface area contributed by atoms with Crippen molar-refractivity contribution >= 4 is 5.84 Å². The quantitative estimate of drug-likeness (QED) is 0.518. The van der Waals surface area contributed by atoms with E-state index >= 15 is 0 Å². The highest BCUT2D eigenvalue weighted by Gasteiger charge is 2.43. The van der Waals surface area contributed by atoms with E-state index in [-0.39, 0.29) is 0 Å². The van der Waals surface area contributed by atoms with E-state index in [0.29, 0.717) is 22.5 Å². The largest absolute Gasteiger partial charge is 0.383 e. The fourth-order valence-electron chi connectivity index (χ4n) is 4.15. The van der Waals surface area contributed by atoms with Crippen LogP contribution in [0.15, 0.2) is 90.3 Å². The molecule has 0 saturated heterocycles. The third-order valence-electron chi connectivity index (χ3n) is 5.55. The molecule has 1 aliphatic rings. The van der Waals surface area contributed by atoms with Gasteiger partial charge in [-0.3, -0.25) is 4.98 Å². The molecule has 0 radical (unpaired) electrons. The van der Waals surface area contributed by atoms with Gasteiger partial charge in [0.15, 0.2) is 0 Å². The zero-order valence-electron chi connectivity index (χ0n) is 16.3. The Morgan fingerprint density at radius 1 is 0.871 bits per heavy atom. The van der Waals surface area contributed by atoms with Gasteiger partial charge in [-0.15, -0.1) is 0 Å². The zero-order chi connectivity index (χ0) is 21.4. The molecule has 0 saturated carbocycles. The molecule has 5 nitrogen and oxygen atoms in total. The lowest BCUT2D eigenvalue weighted by Gasteiger charge is -2.29. The van der Waals surface area contributed by atoms with Crippen LogP contribution in [-0.2, 0) is 5.54 Å². The van der Waals surface area contributed by atoms with Gasteiger partial charge in [0.05, 0.1) is 11.6 Å². The van der Waals surface area contributed by atoms with Crippen LogP contribution in [0.2, 0.25) is 0 Å². The van der Waals surface area contributed by atoms with Crippen LogP contribution in [0.25, 0.3) is 11.1 Å². The molecular formula is C25H16FN5. The van der Waals surface area contributed by atoms with E-state index in [1.165, 1.54) is 6.20 Å². The highest BCUT2D eigenvalue weighted by Crippen LogP contribution is 2.46. The number of hydrogen-bond acceptors (Lipinski definition) is 5. The number of rotatable bonds is 3. The number of aromatic nitrogens is 2. The van der Waals surface area contributed by atoms with Crippen molar-refractivity contribution in [2.24, 2.45) is 10.7 Å². The first-order valence-electron chi connectivity index (χ1n) is 9.66. The molecule has 0 amide bonds. The van der Waals surface area contributed by atoms with E-state index < -0.39 is 11.5 Å². The first kappa shape index (κ1) is 18.6. The van der Waals surface area contributed by atoms with Gasteiger partial charge in [-0.1, -0.05) is 18.2 Å². The van der Waals surface area contributed by atoms with Crippen LogP contribution in [-0.4, -0.2) is 15.8 Å². The number of fused-ring (bicyclic) bond motifs is 1. The average molecular weight is 405 g/mol. The third-order valence-corrected chi connectivity index (χ3v) is 5.55. The number of nitrogens with two attached hydrogens (primary N) is 1. The summed E-state index contributed by atoms with van der Waals surface area (Å²) >= 11 is 0. The molecule has 2 aromatic heterocycles. The summed E-state index contributed by atoms with van der Waals surface area (Å²) in [6.45, 7) is 0. The molecule has 148 valence electrons. The monoisotopic (exact) mass is 405 g/mol. The fraction of sp³-hybridized carbons (Fsp3) is 0.0400. The smallest absolute Gasteiger partial charge is 0.220 e. The van der Waals surface area contributed by atoms with Gasteiger partial charge in [0.1, 0.15) is 11.4 Å². The molecule has 1 atom stereocenters. The molecule has 0 bridgehead atoms. The number of pyridine rings is 2. The topological polar surface area (TPSA) is 88.0 Å².